The van der Waals surface area contributed by atoms with Crippen LogP contribution in [0.15, 0.2) is 16.5 Å². The van der Waals surface area contributed by atoms with E-state index in [-0.39, 0.29) is 23.1 Å². The zero-order valence-corrected chi connectivity index (χ0v) is 14.2. The summed E-state index contributed by atoms with van der Waals surface area (Å²) in [5.41, 5.74) is -0.0218. The van der Waals surface area contributed by atoms with Crippen LogP contribution in [0, 0.1) is 0 Å². The average Bonchev–Trinajstić information content (AvgIpc) is 3.13. The molecule has 0 saturated heterocycles. The van der Waals surface area contributed by atoms with Gasteiger partial charge in [0.25, 0.3) is 0 Å². The summed E-state index contributed by atoms with van der Waals surface area (Å²) in [4.78, 5) is 4.27. The number of oxazole rings is 1. The molecule has 1 aliphatic rings. The molecule has 1 aliphatic carbocycles. The zero-order valence-electron chi connectivity index (χ0n) is 14.2. The third-order valence-electron chi connectivity index (χ3n) is 4.67. The van der Waals surface area contributed by atoms with Crippen molar-refractivity contribution >= 4 is 11.1 Å². The molecule has 1 aromatic carbocycles. The van der Waals surface area contributed by atoms with Gasteiger partial charge in [0.05, 0.1) is 0 Å². The zero-order chi connectivity index (χ0) is 17.5. The van der Waals surface area contributed by atoms with Gasteiger partial charge in [0.2, 0.25) is 0 Å². The summed E-state index contributed by atoms with van der Waals surface area (Å²) in [5.74, 6) is 0.278. The Morgan fingerprint density at radius 1 is 1.17 bits per heavy atom. The average molecular weight is 340 g/mol. The fraction of sp³-hybridized carbons (Fsp3) is 0.611. The molecule has 1 atom stereocenters. The lowest BCUT2D eigenvalue weighted by atomic mass is 10.0. The van der Waals surface area contributed by atoms with Crippen molar-refractivity contribution in [2.24, 2.45) is 0 Å². The Labute approximate surface area is 139 Å². The molecule has 2 aromatic rings. The van der Waals surface area contributed by atoms with Crippen LogP contribution in [-0.4, -0.2) is 11.0 Å². The molecular formula is C18H23F3N2O. The van der Waals surface area contributed by atoms with E-state index in [1.807, 2.05) is 20.8 Å². The standard InChI is InChI=1S/C18H23F3N2O/c1-10(2)17-23-15-9-12(11(3)22-13-6-4-5-7-13)8-14(16(15)24-17)18(19,20)21/h8-11,13,22H,4-7H2,1-3H3. The number of halogens is 3. The largest absolute Gasteiger partial charge is 0.440 e. The lowest BCUT2D eigenvalue weighted by Gasteiger charge is -2.20. The second-order valence-electron chi connectivity index (χ2n) is 6.99. The second-order valence-corrected chi connectivity index (χ2v) is 6.99. The van der Waals surface area contributed by atoms with E-state index < -0.39 is 11.7 Å². The minimum atomic E-state index is -4.46. The van der Waals surface area contributed by atoms with Gasteiger partial charge in [0, 0.05) is 18.0 Å². The van der Waals surface area contributed by atoms with E-state index in [9.17, 15) is 13.2 Å². The van der Waals surface area contributed by atoms with Crippen molar-refractivity contribution in [3.8, 4) is 0 Å². The van der Waals surface area contributed by atoms with Gasteiger partial charge >= 0.3 is 6.18 Å². The van der Waals surface area contributed by atoms with Crippen molar-refractivity contribution in [1.82, 2.24) is 10.3 Å². The molecule has 0 amide bonds. The van der Waals surface area contributed by atoms with Crippen LogP contribution in [-0.2, 0) is 6.18 Å². The highest BCUT2D eigenvalue weighted by atomic mass is 19.4. The quantitative estimate of drug-likeness (QED) is 0.791. The van der Waals surface area contributed by atoms with Gasteiger partial charge in [0.15, 0.2) is 11.5 Å². The molecule has 1 N–H and O–H groups in total. The summed E-state index contributed by atoms with van der Waals surface area (Å²) in [6.45, 7) is 5.61. The molecule has 1 unspecified atom stereocenters. The Kier molecular flexibility index (Phi) is 4.60. The van der Waals surface area contributed by atoms with Crippen molar-refractivity contribution in [2.75, 3.05) is 0 Å². The van der Waals surface area contributed by atoms with Crippen LogP contribution < -0.4 is 5.32 Å². The summed E-state index contributed by atoms with van der Waals surface area (Å²) >= 11 is 0. The highest BCUT2D eigenvalue weighted by Crippen LogP contribution is 2.38. The smallest absolute Gasteiger partial charge is 0.420 e. The maximum Gasteiger partial charge on any atom is 0.420 e. The molecule has 0 radical (unpaired) electrons. The number of hydrogen-bond donors (Lipinski definition) is 1. The summed E-state index contributed by atoms with van der Waals surface area (Å²) in [6.07, 6.45) is 0.0615. The Morgan fingerprint density at radius 2 is 1.83 bits per heavy atom. The van der Waals surface area contributed by atoms with Gasteiger partial charge in [-0.25, -0.2) is 4.98 Å². The normalized spacial score (nSPS) is 18.0. The van der Waals surface area contributed by atoms with Gasteiger partial charge in [0.1, 0.15) is 11.1 Å². The molecule has 24 heavy (non-hydrogen) atoms. The van der Waals surface area contributed by atoms with Crippen molar-refractivity contribution in [3.05, 3.63) is 29.2 Å². The number of aromatic nitrogens is 1. The molecule has 0 spiro atoms. The molecule has 1 heterocycles. The Morgan fingerprint density at radius 3 is 2.42 bits per heavy atom. The van der Waals surface area contributed by atoms with Crippen molar-refractivity contribution < 1.29 is 17.6 Å². The number of fused-ring (bicyclic) bond motifs is 1. The highest BCUT2D eigenvalue weighted by Gasteiger charge is 2.36. The molecule has 1 aromatic heterocycles. The van der Waals surface area contributed by atoms with E-state index in [4.69, 9.17) is 4.42 Å². The third-order valence-corrected chi connectivity index (χ3v) is 4.67. The summed E-state index contributed by atoms with van der Waals surface area (Å²) in [6, 6.07) is 3.14. The van der Waals surface area contributed by atoms with Crippen LogP contribution in [0.1, 0.15) is 75.4 Å². The number of rotatable bonds is 4. The number of nitrogens with one attached hydrogen (secondary N) is 1. The predicted molar refractivity (Wildman–Crippen MR) is 86.9 cm³/mol. The van der Waals surface area contributed by atoms with Crippen molar-refractivity contribution in [3.63, 3.8) is 0 Å². The maximum atomic E-state index is 13.5. The van der Waals surface area contributed by atoms with Gasteiger partial charge in [-0.3, -0.25) is 0 Å². The SMILES string of the molecule is CC(C)c1nc2cc(C(C)NC3CCCC3)cc(C(F)(F)F)c2o1. The van der Waals surface area contributed by atoms with Crippen LogP contribution >= 0.6 is 0 Å². The molecule has 1 saturated carbocycles. The molecule has 6 heteroatoms. The first kappa shape index (κ1) is 17.3. The van der Waals surface area contributed by atoms with E-state index >= 15 is 0 Å². The Bertz CT molecular complexity index is 715. The van der Waals surface area contributed by atoms with Crippen LogP contribution in [0.5, 0.6) is 0 Å². The first-order chi connectivity index (χ1) is 11.3. The Balaban J connectivity index is 2.01. The van der Waals surface area contributed by atoms with E-state index in [0.29, 0.717) is 17.5 Å². The summed E-state index contributed by atoms with van der Waals surface area (Å²) in [5, 5.41) is 3.44. The van der Waals surface area contributed by atoms with Gasteiger partial charge in [-0.15, -0.1) is 0 Å². The number of benzene rings is 1. The predicted octanol–water partition coefficient (Wildman–Crippen LogP) is 5.56. The topological polar surface area (TPSA) is 38.1 Å². The monoisotopic (exact) mass is 340 g/mol. The second kappa shape index (κ2) is 6.39. The fourth-order valence-electron chi connectivity index (χ4n) is 3.32. The maximum absolute atomic E-state index is 13.5. The fourth-order valence-corrected chi connectivity index (χ4v) is 3.32. The van der Waals surface area contributed by atoms with Gasteiger partial charge in [-0.1, -0.05) is 26.7 Å². The molecule has 3 nitrogen and oxygen atoms in total. The van der Waals surface area contributed by atoms with E-state index in [2.05, 4.69) is 10.3 Å². The molecule has 3 rings (SSSR count). The summed E-state index contributed by atoms with van der Waals surface area (Å²) in [7, 11) is 0. The minimum Gasteiger partial charge on any atom is -0.440 e. The third kappa shape index (κ3) is 3.43. The van der Waals surface area contributed by atoms with E-state index in [0.717, 1.165) is 12.8 Å². The molecule has 1 fully saturated rings. The van der Waals surface area contributed by atoms with Gasteiger partial charge < -0.3 is 9.73 Å². The number of alkyl halides is 3. The van der Waals surface area contributed by atoms with Gasteiger partial charge in [-0.2, -0.15) is 13.2 Å². The number of nitrogens with zero attached hydrogens (tertiary/aromatic N) is 1. The minimum absolute atomic E-state index is 0.0593. The highest BCUT2D eigenvalue weighted by molar-refractivity contribution is 5.78. The first-order valence-corrected chi connectivity index (χ1v) is 8.53. The van der Waals surface area contributed by atoms with Gasteiger partial charge in [-0.05, 0) is 37.5 Å². The summed E-state index contributed by atoms with van der Waals surface area (Å²) < 4.78 is 45.8. The molecular weight excluding hydrogens is 317 g/mol. The van der Waals surface area contributed by atoms with Crippen molar-refractivity contribution in [1.29, 1.82) is 0 Å². The lowest BCUT2D eigenvalue weighted by Crippen LogP contribution is -2.29. The number of hydrogen-bond acceptors (Lipinski definition) is 3. The van der Waals surface area contributed by atoms with Crippen LogP contribution in [0.2, 0.25) is 0 Å². The molecule has 0 aliphatic heterocycles. The van der Waals surface area contributed by atoms with E-state index in [1.54, 1.807) is 6.07 Å². The molecule has 132 valence electrons. The van der Waals surface area contributed by atoms with E-state index in [1.165, 1.54) is 18.9 Å². The first-order valence-electron chi connectivity index (χ1n) is 8.53. The lowest BCUT2D eigenvalue weighted by molar-refractivity contribution is -0.136. The van der Waals surface area contributed by atoms with Crippen LogP contribution in [0.4, 0.5) is 13.2 Å². The van der Waals surface area contributed by atoms with Crippen LogP contribution in [0.25, 0.3) is 11.1 Å². The molecule has 0 bridgehead atoms. The van der Waals surface area contributed by atoms with Crippen molar-refractivity contribution in [2.45, 2.75) is 70.6 Å². The Hall–Kier alpha value is -1.56. The van der Waals surface area contributed by atoms with Crippen LogP contribution in [0.3, 0.4) is 0 Å².